The van der Waals surface area contributed by atoms with Gasteiger partial charge < -0.3 is 15.0 Å². The molecule has 0 radical (unpaired) electrons. The molecule has 1 aliphatic rings. The summed E-state index contributed by atoms with van der Waals surface area (Å²) in [5.41, 5.74) is 3.02. The number of hydrogen-bond acceptors (Lipinski definition) is 7. The second kappa shape index (κ2) is 7.09. The number of benzene rings is 1. The van der Waals surface area contributed by atoms with Gasteiger partial charge in [0.2, 0.25) is 0 Å². The molecule has 0 aliphatic carbocycles. The Kier molecular flexibility index (Phi) is 4.40. The SMILES string of the molecule is CC1CN(C(=O)c2nsc3cc(Nc4n[nH]c5cccnc45)ccc23)CC(C)O1. The van der Waals surface area contributed by atoms with E-state index < -0.39 is 0 Å². The molecule has 1 fully saturated rings. The first-order chi connectivity index (χ1) is 14.1. The molecule has 1 aliphatic heterocycles. The zero-order chi connectivity index (χ0) is 20.0. The standard InChI is InChI=1S/C20H20N6O2S/c1-11-9-26(10-12(2)28-11)20(27)17-14-6-5-13(8-16(14)29-25-17)22-19-18-15(23-24-19)4-3-7-21-18/h3-8,11-12H,9-10H2,1-2H3,(H2,22,23,24). The van der Waals surface area contributed by atoms with Crippen molar-refractivity contribution in [2.45, 2.75) is 26.1 Å². The number of nitrogens with zero attached hydrogens (tertiary/aromatic N) is 4. The van der Waals surface area contributed by atoms with Gasteiger partial charge in [0.1, 0.15) is 11.2 Å². The summed E-state index contributed by atoms with van der Waals surface area (Å²) < 4.78 is 11.1. The molecule has 8 nitrogen and oxygen atoms in total. The number of carbonyl (C=O) groups is 1. The van der Waals surface area contributed by atoms with Gasteiger partial charge in [0.25, 0.3) is 5.91 Å². The Morgan fingerprint density at radius 3 is 2.93 bits per heavy atom. The quantitative estimate of drug-likeness (QED) is 0.538. The van der Waals surface area contributed by atoms with Gasteiger partial charge in [-0.2, -0.15) is 9.47 Å². The molecule has 2 atom stereocenters. The number of fused-ring (bicyclic) bond motifs is 2. The molecule has 29 heavy (non-hydrogen) atoms. The minimum atomic E-state index is -0.0403. The van der Waals surface area contributed by atoms with Gasteiger partial charge in [-0.25, -0.2) is 0 Å². The van der Waals surface area contributed by atoms with E-state index in [1.165, 1.54) is 11.5 Å². The van der Waals surface area contributed by atoms with Crippen LogP contribution in [0.4, 0.5) is 11.5 Å². The van der Waals surface area contributed by atoms with Crippen molar-refractivity contribution in [2.24, 2.45) is 0 Å². The van der Waals surface area contributed by atoms with Crippen LogP contribution in [0, 0.1) is 0 Å². The highest BCUT2D eigenvalue weighted by molar-refractivity contribution is 7.13. The van der Waals surface area contributed by atoms with Crippen LogP contribution in [0.25, 0.3) is 21.1 Å². The molecule has 0 saturated carbocycles. The van der Waals surface area contributed by atoms with E-state index in [9.17, 15) is 4.79 Å². The third kappa shape index (κ3) is 3.32. The normalized spacial score (nSPS) is 19.7. The molecule has 0 spiro atoms. The molecule has 148 valence electrons. The van der Waals surface area contributed by atoms with E-state index in [0.717, 1.165) is 26.8 Å². The molecule has 2 N–H and O–H groups in total. The Hall–Kier alpha value is -3.04. The highest BCUT2D eigenvalue weighted by Crippen LogP contribution is 2.30. The number of H-pyrrole nitrogens is 1. The van der Waals surface area contributed by atoms with E-state index in [1.807, 2.05) is 49.1 Å². The third-order valence-electron chi connectivity index (χ3n) is 4.96. The largest absolute Gasteiger partial charge is 0.372 e. The predicted molar refractivity (Wildman–Crippen MR) is 113 cm³/mol. The van der Waals surface area contributed by atoms with Crippen molar-refractivity contribution in [3.8, 4) is 0 Å². The van der Waals surface area contributed by atoms with Crippen LogP contribution < -0.4 is 5.32 Å². The van der Waals surface area contributed by atoms with Gasteiger partial charge >= 0.3 is 0 Å². The van der Waals surface area contributed by atoms with Crippen LogP contribution in [-0.4, -0.2) is 55.7 Å². The number of ether oxygens (including phenoxy) is 1. The summed E-state index contributed by atoms with van der Waals surface area (Å²) >= 11 is 1.33. The Bertz CT molecular complexity index is 1190. The Labute approximate surface area is 171 Å². The summed E-state index contributed by atoms with van der Waals surface area (Å²) in [5.74, 6) is 0.624. The Morgan fingerprint density at radius 1 is 1.28 bits per heavy atom. The summed E-state index contributed by atoms with van der Waals surface area (Å²) in [6.45, 7) is 5.14. The number of rotatable bonds is 3. The van der Waals surface area contributed by atoms with Crippen LogP contribution in [0.15, 0.2) is 36.5 Å². The molecule has 1 aromatic carbocycles. The fraction of sp³-hybridized carbons (Fsp3) is 0.300. The minimum Gasteiger partial charge on any atom is -0.372 e. The average Bonchev–Trinajstić information content (AvgIpc) is 3.31. The molecular formula is C20H20N6O2S. The maximum absolute atomic E-state index is 13.0. The van der Waals surface area contributed by atoms with Crippen LogP contribution in [0.2, 0.25) is 0 Å². The first-order valence-corrected chi connectivity index (χ1v) is 10.3. The van der Waals surface area contributed by atoms with Gasteiger partial charge in [0.15, 0.2) is 5.82 Å². The molecule has 4 heterocycles. The molecule has 3 aromatic heterocycles. The highest BCUT2D eigenvalue weighted by atomic mass is 32.1. The van der Waals surface area contributed by atoms with Crippen LogP contribution >= 0.6 is 11.5 Å². The number of hydrogen-bond donors (Lipinski definition) is 2. The molecule has 1 amide bonds. The van der Waals surface area contributed by atoms with E-state index in [0.29, 0.717) is 24.6 Å². The lowest BCUT2D eigenvalue weighted by Gasteiger charge is -2.35. The number of carbonyl (C=O) groups excluding carboxylic acids is 1. The Morgan fingerprint density at radius 2 is 2.10 bits per heavy atom. The Balaban J connectivity index is 1.42. The second-order valence-corrected chi connectivity index (χ2v) is 8.11. The van der Waals surface area contributed by atoms with Crippen molar-refractivity contribution in [1.29, 1.82) is 0 Å². The molecule has 4 aromatic rings. The smallest absolute Gasteiger partial charge is 0.274 e. The number of nitrogens with one attached hydrogen (secondary N) is 2. The summed E-state index contributed by atoms with van der Waals surface area (Å²) in [6.07, 6.45) is 1.79. The van der Waals surface area contributed by atoms with Gasteiger partial charge in [-0.1, -0.05) is 0 Å². The molecule has 5 rings (SSSR count). The monoisotopic (exact) mass is 408 g/mol. The molecule has 2 unspecified atom stereocenters. The number of aromatic nitrogens is 4. The van der Waals surface area contributed by atoms with Crippen LogP contribution in [0.5, 0.6) is 0 Å². The molecule has 0 bridgehead atoms. The lowest BCUT2D eigenvalue weighted by molar-refractivity contribution is -0.0586. The minimum absolute atomic E-state index is 0.0284. The van der Waals surface area contributed by atoms with Gasteiger partial charge in [-0.05, 0) is 55.7 Å². The number of amides is 1. The first kappa shape index (κ1) is 18.0. The van der Waals surface area contributed by atoms with E-state index in [-0.39, 0.29) is 18.1 Å². The van der Waals surface area contributed by atoms with E-state index in [1.54, 1.807) is 6.20 Å². The van der Waals surface area contributed by atoms with Gasteiger partial charge in [-0.15, -0.1) is 0 Å². The molecule has 1 saturated heterocycles. The van der Waals surface area contributed by atoms with Crippen molar-refractivity contribution in [2.75, 3.05) is 18.4 Å². The summed E-state index contributed by atoms with van der Waals surface area (Å²) in [7, 11) is 0. The third-order valence-corrected chi connectivity index (χ3v) is 5.77. The van der Waals surface area contributed by atoms with Crippen molar-refractivity contribution in [3.63, 3.8) is 0 Å². The summed E-state index contributed by atoms with van der Waals surface area (Å²) in [4.78, 5) is 19.2. The second-order valence-electron chi connectivity index (χ2n) is 7.31. The summed E-state index contributed by atoms with van der Waals surface area (Å²) in [5, 5.41) is 11.4. The van der Waals surface area contributed by atoms with Crippen LogP contribution in [-0.2, 0) is 4.74 Å². The van der Waals surface area contributed by atoms with Crippen molar-refractivity contribution in [1.82, 2.24) is 24.5 Å². The average molecular weight is 408 g/mol. The first-order valence-electron chi connectivity index (χ1n) is 9.49. The van der Waals surface area contributed by atoms with Crippen molar-refractivity contribution >= 4 is 50.1 Å². The van der Waals surface area contributed by atoms with Crippen molar-refractivity contribution in [3.05, 3.63) is 42.2 Å². The zero-order valence-corrected chi connectivity index (χ0v) is 16.9. The highest BCUT2D eigenvalue weighted by Gasteiger charge is 2.28. The lowest BCUT2D eigenvalue weighted by Crippen LogP contribution is -2.48. The lowest BCUT2D eigenvalue weighted by atomic mass is 10.1. The maximum atomic E-state index is 13.0. The predicted octanol–water partition coefficient (Wildman–Crippen LogP) is 3.56. The van der Waals surface area contributed by atoms with Gasteiger partial charge in [0, 0.05) is 30.4 Å². The summed E-state index contributed by atoms with van der Waals surface area (Å²) in [6, 6.07) is 9.64. The van der Waals surface area contributed by atoms with Crippen LogP contribution in [0.1, 0.15) is 24.3 Å². The zero-order valence-electron chi connectivity index (χ0n) is 16.0. The number of anilines is 2. The topological polar surface area (TPSA) is 96.0 Å². The van der Waals surface area contributed by atoms with Gasteiger partial charge in [0.05, 0.1) is 22.4 Å². The van der Waals surface area contributed by atoms with Gasteiger partial charge in [-0.3, -0.25) is 14.9 Å². The number of aromatic amines is 1. The fourth-order valence-electron chi connectivity index (χ4n) is 3.74. The van der Waals surface area contributed by atoms with Crippen molar-refractivity contribution < 1.29 is 9.53 Å². The van der Waals surface area contributed by atoms with E-state index >= 15 is 0 Å². The maximum Gasteiger partial charge on any atom is 0.274 e. The molecular weight excluding hydrogens is 388 g/mol. The fourth-order valence-corrected chi connectivity index (χ4v) is 4.55. The van der Waals surface area contributed by atoms with Crippen LogP contribution in [0.3, 0.4) is 0 Å². The number of pyridine rings is 1. The van der Waals surface area contributed by atoms with E-state index in [4.69, 9.17) is 4.74 Å². The van der Waals surface area contributed by atoms with E-state index in [2.05, 4.69) is 24.9 Å². The number of morpholine rings is 1. The molecule has 9 heteroatoms.